The topological polar surface area (TPSA) is 71.3 Å². The van der Waals surface area contributed by atoms with Crippen molar-refractivity contribution in [3.8, 4) is 11.5 Å². The van der Waals surface area contributed by atoms with E-state index >= 15 is 0 Å². The Hall–Kier alpha value is -2.70. The number of aromatic nitrogens is 2. The lowest BCUT2D eigenvalue weighted by Crippen LogP contribution is -2.40. The van der Waals surface area contributed by atoms with Crippen LogP contribution < -0.4 is 5.32 Å². The Morgan fingerprint density at radius 1 is 1.23 bits per heavy atom. The number of rotatable bonds is 5. The van der Waals surface area contributed by atoms with E-state index in [4.69, 9.17) is 16.1 Å². The zero-order chi connectivity index (χ0) is 21.1. The summed E-state index contributed by atoms with van der Waals surface area (Å²) < 4.78 is 5.43. The van der Waals surface area contributed by atoms with Crippen LogP contribution in [-0.4, -0.2) is 34.0 Å². The van der Waals surface area contributed by atoms with Crippen LogP contribution in [0, 0.1) is 19.8 Å². The fraction of sp³-hybridized carbons (Fsp3) is 0.348. The van der Waals surface area contributed by atoms with E-state index in [0.29, 0.717) is 29.8 Å². The van der Waals surface area contributed by atoms with Gasteiger partial charge in [0, 0.05) is 22.8 Å². The zero-order valence-electron chi connectivity index (χ0n) is 17.2. The summed E-state index contributed by atoms with van der Waals surface area (Å²) in [5.74, 6) is 1.10. The number of amides is 1. The third-order valence-electron chi connectivity index (χ3n) is 5.45. The number of halogens is 1. The number of anilines is 1. The highest BCUT2D eigenvalue weighted by Crippen LogP contribution is 2.24. The monoisotopic (exact) mass is 424 g/mol. The van der Waals surface area contributed by atoms with Crippen molar-refractivity contribution in [2.45, 2.75) is 33.2 Å². The number of likely N-dealkylation sites (tertiary alicyclic amines) is 1. The maximum atomic E-state index is 12.7. The average Bonchev–Trinajstić information content (AvgIpc) is 3.20. The molecule has 2 heterocycles. The van der Waals surface area contributed by atoms with Gasteiger partial charge in [0.25, 0.3) is 5.89 Å². The predicted octanol–water partition coefficient (Wildman–Crippen LogP) is 4.86. The largest absolute Gasteiger partial charge is 0.334 e. The molecule has 0 unspecified atom stereocenters. The number of nitrogens with one attached hydrogen (secondary N) is 1. The molecule has 156 valence electrons. The van der Waals surface area contributed by atoms with Gasteiger partial charge in [-0.2, -0.15) is 4.98 Å². The molecule has 1 aliphatic rings. The van der Waals surface area contributed by atoms with Gasteiger partial charge in [-0.1, -0.05) is 40.5 Å². The fourth-order valence-corrected chi connectivity index (χ4v) is 3.84. The molecule has 30 heavy (non-hydrogen) atoms. The Kier molecular flexibility index (Phi) is 6.16. The Morgan fingerprint density at radius 2 is 2.03 bits per heavy atom. The molecule has 3 aromatic rings. The van der Waals surface area contributed by atoms with Gasteiger partial charge in [-0.15, -0.1) is 0 Å². The second-order valence-electron chi connectivity index (χ2n) is 7.91. The number of carbonyl (C=O) groups excluding carboxylic acids is 1. The van der Waals surface area contributed by atoms with Crippen LogP contribution in [0.1, 0.15) is 29.8 Å². The van der Waals surface area contributed by atoms with Crippen molar-refractivity contribution in [1.82, 2.24) is 15.0 Å². The second kappa shape index (κ2) is 8.98. The molecule has 7 heteroatoms. The zero-order valence-corrected chi connectivity index (χ0v) is 17.9. The van der Waals surface area contributed by atoms with Crippen molar-refractivity contribution in [3.05, 3.63) is 64.4 Å². The van der Waals surface area contributed by atoms with E-state index < -0.39 is 0 Å². The standard InChI is InChI=1S/C23H25ClN4O2/c1-15-5-8-17(9-6-15)23-26-21(27-30-23)14-28-11-3-4-18(13-28)22(29)25-19-10-7-16(2)20(24)12-19/h5-10,12,18H,3-4,11,13-14H2,1-2H3,(H,25,29)/t18-/m1/s1. The molecule has 1 amide bonds. The van der Waals surface area contributed by atoms with E-state index in [1.165, 1.54) is 5.56 Å². The van der Waals surface area contributed by atoms with E-state index in [-0.39, 0.29) is 11.8 Å². The summed E-state index contributed by atoms with van der Waals surface area (Å²) in [6.07, 6.45) is 1.82. The van der Waals surface area contributed by atoms with Crippen molar-refractivity contribution in [1.29, 1.82) is 0 Å². The van der Waals surface area contributed by atoms with Crippen LogP contribution >= 0.6 is 11.6 Å². The molecule has 0 spiro atoms. The van der Waals surface area contributed by atoms with Gasteiger partial charge >= 0.3 is 0 Å². The molecular formula is C23H25ClN4O2. The summed E-state index contributed by atoms with van der Waals surface area (Å²) in [7, 11) is 0. The van der Waals surface area contributed by atoms with Crippen molar-refractivity contribution < 1.29 is 9.32 Å². The molecule has 1 N–H and O–H groups in total. The Bertz CT molecular complexity index is 1030. The average molecular weight is 425 g/mol. The minimum atomic E-state index is -0.0812. The summed E-state index contributed by atoms with van der Waals surface area (Å²) in [4.78, 5) is 19.5. The van der Waals surface area contributed by atoms with Crippen molar-refractivity contribution in [3.63, 3.8) is 0 Å². The second-order valence-corrected chi connectivity index (χ2v) is 8.32. The minimum Gasteiger partial charge on any atom is -0.334 e. The van der Waals surface area contributed by atoms with Gasteiger partial charge in [0.15, 0.2) is 5.82 Å². The van der Waals surface area contributed by atoms with Crippen LogP contribution in [0.4, 0.5) is 5.69 Å². The number of piperidine rings is 1. The lowest BCUT2D eigenvalue weighted by molar-refractivity contribution is -0.121. The Labute approximate surface area is 181 Å². The van der Waals surface area contributed by atoms with E-state index in [0.717, 1.165) is 36.2 Å². The number of hydrogen-bond donors (Lipinski definition) is 1. The Morgan fingerprint density at radius 3 is 2.80 bits per heavy atom. The summed E-state index contributed by atoms with van der Waals surface area (Å²) >= 11 is 6.17. The van der Waals surface area contributed by atoms with E-state index in [2.05, 4.69) is 20.4 Å². The van der Waals surface area contributed by atoms with Crippen LogP contribution in [-0.2, 0) is 11.3 Å². The number of benzene rings is 2. The molecule has 2 aromatic carbocycles. The summed E-state index contributed by atoms with van der Waals surface area (Å²) in [6.45, 7) is 6.12. The third-order valence-corrected chi connectivity index (χ3v) is 5.85. The van der Waals surface area contributed by atoms with Crippen molar-refractivity contribution in [2.75, 3.05) is 18.4 Å². The normalized spacial score (nSPS) is 17.1. The molecule has 1 atom stereocenters. The van der Waals surface area contributed by atoms with E-state index in [9.17, 15) is 4.79 Å². The molecule has 1 aliphatic heterocycles. The molecule has 6 nitrogen and oxygen atoms in total. The molecule has 0 bridgehead atoms. The first kappa shape index (κ1) is 20.6. The molecule has 4 rings (SSSR count). The first-order valence-corrected chi connectivity index (χ1v) is 10.5. The molecule has 0 aliphatic carbocycles. The van der Waals surface area contributed by atoms with Gasteiger partial charge in [0.2, 0.25) is 5.91 Å². The highest BCUT2D eigenvalue weighted by Gasteiger charge is 2.27. The quantitative estimate of drug-likeness (QED) is 0.633. The molecule has 0 radical (unpaired) electrons. The number of carbonyl (C=O) groups is 1. The predicted molar refractivity (Wildman–Crippen MR) is 117 cm³/mol. The lowest BCUT2D eigenvalue weighted by atomic mass is 9.97. The van der Waals surface area contributed by atoms with Crippen LogP contribution in [0.3, 0.4) is 0 Å². The first-order chi connectivity index (χ1) is 14.5. The highest BCUT2D eigenvalue weighted by atomic mass is 35.5. The molecule has 1 aromatic heterocycles. The van der Waals surface area contributed by atoms with Gasteiger partial charge in [-0.3, -0.25) is 9.69 Å². The van der Waals surface area contributed by atoms with Crippen LogP contribution in [0.25, 0.3) is 11.5 Å². The van der Waals surface area contributed by atoms with Crippen LogP contribution in [0.5, 0.6) is 0 Å². The van der Waals surface area contributed by atoms with Gasteiger partial charge < -0.3 is 9.84 Å². The maximum absolute atomic E-state index is 12.7. The van der Waals surface area contributed by atoms with Crippen LogP contribution in [0.2, 0.25) is 5.02 Å². The molecule has 1 fully saturated rings. The highest BCUT2D eigenvalue weighted by molar-refractivity contribution is 6.31. The molecule has 1 saturated heterocycles. The summed E-state index contributed by atoms with van der Waals surface area (Å²) in [5, 5.41) is 7.77. The van der Waals surface area contributed by atoms with Crippen LogP contribution in [0.15, 0.2) is 47.0 Å². The Balaban J connectivity index is 1.36. The number of nitrogens with zero attached hydrogens (tertiary/aromatic N) is 3. The van der Waals surface area contributed by atoms with Gasteiger partial charge in [0.05, 0.1) is 12.5 Å². The number of hydrogen-bond acceptors (Lipinski definition) is 5. The SMILES string of the molecule is Cc1ccc(-c2nc(CN3CCC[C@@H](C(=O)Nc4ccc(C)c(Cl)c4)C3)no2)cc1. The summed E-state index contributed by atoms with van der Waals surface area (Å²) in [5.41, 5.74) is 3.81. The smallest absolute Gasteiger partial charge is 0.257 e. The van der Waals surface area contributed by atoms with E-state index in [1.54, 1.807) is 6.07 Å². The van der Waals surface area contributed by atoms with Gasteiger partial charge in [-0.25, -0.2) is 0 Å². The molecule has 0 saturated carbocycles. The third kappa shape index (κ3) is 4.89. The first-order valence-electron chi connectivity index (χ1n) is 10.2. The van der Waals surface area contributed by atoms with Crippen molar-refractivity contribution in [2.24, 2.45) is 5.92 Å². The van der Waals surface area contributed by atoms with Crippen molar-refractivity contribution >= 4 is 23.2 Å². The molecular weight excluding hydrogens is 400 g/mol. The van der Waals surface area contributed by atoms with Gasteiger partial charge in [-0.05, 0) is 63.1 Å². The van der Waals surface area contributed by atoms with E-state index in [1.807, 2.05) is 50.2 Å². The lowest BCUT2D eigenvalue weighted by Gasteiger charge is -2.31. The van der Waals surface area contributed by atoms with Gasteiger partial charge in [0.1, 0.15) is 0 Å². The maximum Gasteiger partial charge on any atom is 0.257 e. The minimum absolute atomic E-state index is 0.0214. The number of aryl methyl sites for hydroxylation is 2. The fourth-order valence-electron chi connectivity index (χ4n) is 3.66. The summed E-state index contributed by atoms with van der Waals surface area (Å²) in [6, 6.07) is 13.6.